The molecule has 0 radical (unpaired) electrons. The zero-order valence-electron chi connectivity index (χ0n) is 17.3. The van der Waals surface area contributed by atoms with Crippen LogP contribution in [0.2, 0.25) is 5.02 Å². The number of benzene rings is 1. The number of fused-ring (bicyclic) bond motifs is 1. The van der Waals surface area contributed by atoms with Gasteiger partial charge in [0.1, 0.15) is 0 Å². The van der Waals surface area contributed by atoms with Crippen molar-refractivity contribution < 1.29 is 4.79 Å². The number of rotatable bonds is 4. The van der Waals surface area contributed by atoms with Crippen molar-refractivity contribution in [2.75, 3.05) is 43.4 Å². The van der Waals surface area contributed by atoms with Crippen molar-refractivity contribution in [3.8, 4) is 0 Å². The zero-order chi connectivity index (χ0) is 21.4. The van der Waals surface area contributed by atoms with Crippen molar-refractivity contribution in [2.24, 2.45) is 0 Å². The van der Waals surface area contributed by atoms with Crippen LogP contribution in [0.15, 0.2) is 29.1 Å². The van der Waals surface area contributed by atoms with Crippen LogP contribution in [0, 0.1) is 13.8 Å². The van der Waals surface area contributed by atoms with Crippen LogP contribution < -0.4 is 15.8 Å². The van der Waals surface area contributed by atoms with Crippen LogP contribution in [-0.2, 0) is 11.2 Å². The van der Waals surface area contributed by atoms with Gasteiger partial charge in [0.2, 0.25) is 5.91 Å². The van der Waals surface area contributed by atoms with Crippen LogP contribution in [0.3, 0.4) is 0 Å². The number of nitrogens with zero attached hydrogens (tertiary/aromatic N) is 4. The summed E-state index contributed by atoms with van der Waals surface area (Å²) in [6.07, 6.45) is 0.148. The summed E-state index contributed by atoms with van der Waals surface area (Å²) in [6, 6.07) is 7.03. The summed E-state index contributed by atoms with van der Waals surface area (Å²) in [6.45, 7) is 7.43. The number of aromatic nitrogens is 3. The quantitative estimate of drug-likeness (QED) is 0.665. The third-order valence-corrected chi connectivity index (χ3v) is 5.85. The van der Waals surface area contributed by atoms with E-state index in [1.54, 1.807) is 10.6 Å². The Bertz CT molecular complexity index is 1160. The van der Waals surface area contributed by atoms with E-state index >= 15 is 0 Å². The number of amides is 1. The van der Waals surface area contributed by atoms with Crippen LogP contribution in [-0.4, -0.2) is 58.6 Å². The summed E-state index contributed by atoms with van der Waals surface area (Å²) in [4.78, 5) is 33.6. The number of likely N-dealkylation sites (N-methyl/N-ethyl adjacent to an activating group) is 1. The number of hydrogen-bond donors (Lipinski definition) is 2. The molecule has 0 bridgehead atoms. The van der Waals surface area contributed by atoms with Crippen LogP contribution in [0.5, 0.6) is 0 Å². The highest BCUT2D eigenvalue weighted by Gasteiger charge is 2.20. The largest absolute Gasteiger partial charge is 0.367 e. The molecule has 1 fully saturated rings. The van der Waals surface area contributed by atoms with Gasteiger partial charge < -0.3 is 15.1 Å². The predicted molar refractivity (Wildman–Crippen MR) is 119 cm³/mol. The Labute approximate surface area is 179 Å². The van der Waals surface area contributed by atoms with Gasteiger partial charge in [-0.1, -0.05) is 11.6 Å². The lowest BCUT2D eigenvalue weighted by atomic mass is 10.1. The Morgan fingerprint density at radius 3 is 2.67 bits per heavy atom. The van der Waals surface area contributed by atoms with E-state index in [2.05, 4.69) is 32.2 Å². The summed E-state index contributed by atoms with van der Waals surface area (Å²) in [5, 5.41) is 6.32. The molecular formula is C21H25ClN6O2. The molecule has 2 aromatic heterocycles. The first-order valence-electron chi connectivity index (χ1n) is 9.92. The van der Waals surface area contributed by atoms with Gasteiger partial charge in [-0.2, -0.15) is 0 Å². The molecule has 158 valence electrons. The number of carbonyl (C=O) groups is 1. The molecule has 9 heteroatoms. The number of nitrogens with one attached hydrogen (secondary N) is 2. The molecule has 30 heavy (non-hydrogen) atoms. The van der Waals surface area contributed by atoms with Gasteiger partial charge in [0.25, 0.3) is 5.56 Å². The highest BCUT2D eigenvalue weighted by molar-refractivity contribution is 6.31. The van der Waals surface area contributed by atoms with Gasteiger partial charge in [0.05, 0.1) is 17.8 Å². The van der Waals surface area contributed by atoms with E-state index in [0.717, 1.165) is 48.8 Å². The summed E-state index contributed by atoms with van der Waals surface area (Å²) in [5.41, 5.74) is 4.31. The number of aryl methyl sites for hydroxylation is 2. The SMILES string of the molecule is Cc1nc2cc(=O)[nH]n2c(C)c1CC(=O)Nc1cc(Cl)ccc1N1CCN(C)CC1. The number of hydrogen-bond acceptors (Lipinski definition) is 5. The minimum atomic E-state index is -0.220. The molecule has 0 saturated carbocycles. The minimum Gasteiger partial charge on any atom is -0.367 e. The Morgan fingerprint density at radius 1 is 1.20 bits per heavy atom. The third-order valence-electron chi connectivity index (χ3n) is 5.62. The van der Waals surface area contributed by atoms with Gasteiger partial charge in [0, 0.05) is 54.2 Å². The number of carbonyl (C=O) groups excluding carboxylic acids is 1. The first-order chi connectivity index (χ1) is 14.3. The topological polar surface area (TPSA) is 85.7 Å². The van der Waals surface area contributed by atoms with Crippen LogP contribution >= 0.6 is 11.6 Å². The molecule has 1 amide bonds. The van der Waals surface area contributed by atoms with E-state index in [1.807, 2.05) is 26.0 Å². The molecule has 8 nitrogen and oxygen atoms in total. The molecule has 1 aliphatic heterocycles. The van der Waals surface area contributed by atoms with Gasteiger partial charge in [-0.25, -0.2) is 9.50 Å². The molecule has 1 aliphatic rings. The summed E-state index contributed by atoms with van der Waals surface area (Å²) in [5.74, 6) is -0.158. The molecule has 0 atom stereocenters. The third kappa shape index (κ3) is 4.06. The van der Waals surface area contributed by atoms with Gasteiger partial charge in [0.15, 0.2) is 5.65 Å². The molecule has 2 N–H and O–H groups in total. The van der Waals surface area contributed by atoms with Crippen LogP contribution in [0.25, 0.3) is 5.65 Å². The van der Waals surface area contributed by atoms with Crippen molar-refractivity contribution in [2.45, 2.75) is 20.3 Å². The van der Waals surface area contributed by atoms with E-state index in [-0.39, 0.29) is 17.9 Å². The maximum absolute atomic E-state index is 12.9. The summed E-state index contributed by atoms with van der Waals surface area (Å²) >= 11 is 6.22. The lowest BCUT2D eigenvalue weighted by Crippen LogP contribution is -2.44. The van der Waals surface area contributed by atoms with Gasteiger partial charge in [-0.3, -0.25) is 14.7 Å². The monoisotopic (exact) mass is 428 g/mol. The van der Waals surface area contributed by atoms with Crippen LogP contribution in [0.1, 0.15) is 17.0 Å². The molecule has 3 aromatic rings. The molecule has 0 unspecified atom stereocenters. The second-order valence-electron chi connectivity index (χ2n) is 7.75. The van der Waals surface area contributed by atoms with E-state index in [4.69, 9.17) is 11.6 Å². The zero-order valence-corrected chi connectivity index (χ0v) is 18.1. The minimum absolute atomic E-state index is 0.148. The summed E-state index contributed by atoms with van der Waals surface area (Å²) < 4.78 is 1.62. The highest BCUT2D eigenvalue weighted by Crippen LogP contribution is 2.30. The van der Waals surface area contributed by atoms with Crippen molar-refractivity contribution in [3.63, 3.8) is 0 Å². The van der Waals surface area contributed by atoms with E-state index in [9.17, 15) is 9.59 Å². The average Bonchev–Trinajstić information content (AvgIpc) is 3.06. The van der Waals surface area contributed by atoms with Crippen LogP contribution in [0.4, 0.5) is 11.4 Å². The predicted octanol–water partition coefficient (Wildman–Crippen LogP) is 2.23. The molecule has 3 heterocycles. The average molecular weight is 429 g/mol. The highest BCUT2D eigenvalue weighted by atomic mass is 35.5. The molecule has 0 aliphatic carbocycles. The number of H-pyrrole nitrogens is 1. The fourth-order valence-electron chi connectivity index (χ4n) is 3.90. The second kappa shape index (κ2) is 8.12. The second-order valence-corrected chi connectivity index (χ2v) is 8.19. The first-order valence-corrected chi connectivity index (χ1v) is 10.3. The van der Waals surface area contributed by atoms with E-state index in [0.29, 0.717) is 16.4 Å². The molecule has 0 spiro atoms. The first kappa shape index (κ1) is 20.4. The fraction of sp³-hybridized carbons (Fsp3) is 0.381. The van der Waals surface area contributed by atoms with Gasteiger partial charge in [-0.15, -0.1) is 0 Å². The van der Waals surface area contributed by atoms with Crippen molar-refractivity contribution in [1.29, 1.82) is 0 Å². The molecule has 1 aromatic carbocycles. The number of halogens is 1. The molecular weight excluding hydrogens is 404 g/mol. The van der Waals surface area contributed by atoms with Crippen molar-refractivity contribution in [1.82, 2.24) is 19.5 Å². The fourth-order valence-corrected chi connectivity index (χ4v) is 4.07. The number of piperazine rings is 1. The summed E-state index contributed by atoms with van der Waals surface area (Å²) in [7, 11) is 2.11. The number of anilines is 2. The lowest BCUT2D eigenvalue weighted by Gasteiger charge is -2.35. The Kier molecular flexibility index (Phi) is 5.53. The van der Waals surface area contributed by atoms with Crippen molar-refractivity contribution in [3.05, 3.63) is 56.6 Å². The van der Waals surface area contributed by atoms with E-state index in [1.165, 1.54) is 6.07 Å². The van der Waals surface area contributed by atoms with Crippen molar-refractivity contribution >= 4 is 34.5 Å². The smallest absolute Gasteiger partial charge is 0.266 e. The Morgan fingerprint density at radius 2 is 1.93 bits per heavy atom. The van der Waals surface area contributed by atoms with Gasteiger partial charge >= 0.3 is 0 Å². The Hall–Kier alpha value is -2.84. The maximum atomic E-state index is 12.9. The molecule has 1 saturated heterocycles. The molecule has 4 rings (SSSR count). The standard InChI is InChI=1S/C21H25ClN6O2/c1-13-16(14(2)28-19(23-13)12-21(30)25-28)11-20(29)24-17-10-15(22)4-5-18(17)27-8-6-26(3)7-9-27/h4-5,10,12H,6-9,11H2,1-3H3,(H,24,29)(H,25,30). The lowest BCUT2D eigenvalue weighted by molar-refractivity contribution is -0.115. The maximum Gasteiger partial charge on any atom is 0.266 e. The normalized spacial score (nSPS) is 15.0. The Balaban J connectivity index is 1.58. The van der Waals surface area contributed by atoms with E-state index < -0.39 is 0 Å². The van der Waals surface area contributed by atoms with Gasteiger partial charge in [-0.05, 0) is 39.1 Å². The number of aromatic amines is 1.